The number of anilines is 1. The number of aromatic nitrogens is 4. The number of hydrogen-bond donors (Lipinski definition) is 0. The molecule has 6 heteroatoms. The van der Waals surface area contributed by atoms with Crippen LogP contribution in [-0.4, -0.2) is 32.2 Å². The lowest BCUT2D eigenvalue weighted by molar-refractivity contribution is 0.478. The normalized spacial score (nSPS) is 18.3. The second-order valence-corrected chi connectivity index (χ2v) is 8.80. The van der Waals surface area contributed by atoms with Gasteiger partial charge in [0.2, 0.25) is 0 Å². The zero-order valence-corrected chi connectivity index (χ0v) is 17.2. The van der Waals surface area contributed by atoms with Gasteiger partial charge in [0.15, 0.2) is 0 Å². The van der Waals surface area contributed by atoms with Crippen molar-refractivity contribution in [3.8, 4) is 11.1 Å². The van der Waals surface area contributed by atoms with Crippen LogP contribution < -0.4 is 4.90 Å². The molecular formula is C21H26ClN5. The maximum atomic E-state index is 6.68. The molecule has 1 aliphatic heterocycles. The minimum Gasteiger partial charge on any atom is -0.353 e. The summed E-state index contributed by atoms with van der Waals surface area (Å²) in [5.41, 5.74) is 3.40. The third-order valence-corrected chi connectivity index (χ3v) is 5.75. The van der Waals surface area contributed by atoms with Crippen LogP contribution in [0.25, 0.3) is 16.9 Å². The molecule has 27 heavy (non-hydrogen) atoms. The standard InChI is InChI=1S/C21H26ClN5/c1-14-7-5-6-12-26(14)19-17(18(22)25-20-23-13-24-27(19)20)15-8-10-16(11-9-15)21(2,3)4/h8-11,13-14H,5-7,12H2,1-4H3. The molecule has 3 aromatic rings. The van der Waals surface area contributed by atoms with Crippen LogP contribution in [0, 0.1) is 0 Å². The van der Waals surface area contributed by atoms with Crippen molar-refractivity contribution in [3.63, 3.8) is 0 Å². The first-order valence-electron chi connectivity index (χ1n) is 9.63. The van der Waals surface area contributed by atoms with E-state index in [1.165, 1.54) is 24.8 Å². The summed E-state index contributed by atoms with van der Waals surface area (Å²) in [6.45, 7) is 9.92. The van der Waals surface area contributed by atoms with Crippen LogP contribution in [0.3, 0.4) is 0 Å². The molecule has 0 N–H and O–H groups in total. The lowest BCUT2D eigenvalue weighted by Gasteiger charge is -2.36. The highest BCUT2D eigenvalue weighted by atomic mass is 35.5. The molecule has 1 unspecified atom stereocenters. The monoisotopic (exact) mass is 383 g/mol. The zero-order valence-electron chi connectivity index (χ0n) is 16.4. The molecule has 0 bridgehead atoms. The van der Waals surface area contributed by atoms with E-state index in [4.69, 9.17) is 11.6 Å². The first kappa shape index (κ1) is 18.2. The van der Waals surface area contributed by atoms with Crippen LogP contribution in [0.5, 0.6) is 0 Å². The molecule has 0 amide bonds. The summed E-state index contributed by atoms with van der Waals surface area (Å²) < 4.78 is 1.83. The topological polar surface area (TPSA) is 46.3 Å². The van der Waals surface area contributed by atoms with Gasteiger partial charge in [-0.15, -0.1) is 0 Å². The van der Waals surface area contributed by atoms with Gasteiger partial charge in [-0.25, -0.2) is 0 Å². The van der Waals surface area contributed by atoms with Gasteiger partial charge in [0.05, 0.1) is 5.56 Å². The van der Waals surface area contributed by atoms with Crippen LogP contribution in [0.15, 0.2) is 30.6 Å². The fraction of sp³-hybridized carbons (Fsp3) is 0.476. The Morgan fingerprint density at radius 1 is 1.11 bits per heavy atom. The molecule has 0 saturated carbocycles. The summed E-state index contributed by atoms with van der Waals surface area (Å²) in [5.74, 6) is 1.54. The van der Waals surface area contributed by atoms with E-state index in [2.05, 4.69) is 71.9 Å². The molecule has 1 fully saturated rings. The van der Waals surface area contributed by atoms with Crippen LogP contribution in [0.4, 0.5) is 5.82 Å². The Kier molecular flexibility index (Phi) is 4.58. The smallest absolute Gasteiger partial charge is 0.255 e. The Labute approximate surface area is 165 Å². The Balaban J connectivity index is 1.91. The van der Waals surface area contributed by atoms with Gasteiger partial charge < -0.3 is 4.90 Å². The summed E-state index contributed by atoms with van der Waals surface area (Å²) >= 11 is 6.68. The summed E-state index contributed by atoms with van der Waals surface area (Å²) in [4.78, 5) is 11.2. The number of fused-ring (bicyclic) bond motifs is 1. The molecule has 1 aromatic carbocycles. The van der Waals surface area contributed by atoms with Gasteiger partial charge in [-0.3, -0.25) is 0 Å². The maximum absolute atomic E-state index is 6.68. The highest BCUT2D eigenvalue weighted by molar-refractivity contribution is 6.33. The van der Waals surface area contributed by atoms with E-state index in [0.717, 1.165) is 23.5 Å². The van der Waals surface area contributed by atoms with Gasteiger partial charge in [-0.1, -0.05) is 56.6 Å². The summed E-state index contributed by atoms with van der Waals surface area (Å²) in [7, 11) is 0. The van der Waals surface area contributed by atoms with Crippen molar-refractivity contribution >= 4 is 23.2 Å². The predicted molar refractivity (Wildman–Crippen MR) is 111 cm³/mol. The number of benzene rings is 1. The Morgan fingerprint density at radius 2 is 1.85 bits per heavy atom. The minimum atomic E-state index is 0.112. The van der Waals surface area contributed by atoms with Crippen molar-refractivity contribution in [2.24, 2.45) is 0 Å². The number of halogens is 1. The molecular weight excluding hydrogens is 358 g/mol. The van der Waals surface area contributed by atoms with Crippen LogP contribution in [-0.2, 0) is 5.41 Å². The quantitative estimate of drug-likeness (QED) is 0.576. The molecule has 4 rings (SSSR count). The molecule has 3 heterocycles. The molecule has 0 spiro atoms. The largest absolute Gasteiger partial charge is 0.353 e. The first-order chi connectivity index (χ1) is 12.9. The molecule has 1 saturated heterocycles. The van der Waals surface area contributed by atoms with Crippen LogP contribution in [0.2, 0.25) is 5.15 Å². The van der Waals surface area contributed by atoms with Gasteiger partial charge in [0.25, 0.3) is 5.78 Å². The van der Waals surface area contributed by atoms with Gasteiger partial charge in [-0.05, 0) is 42.7 Å². The van der Waals surface area contributed by atoms with Crippen molar-refractivity contribution < 1.29 is 0 Å². The van der Waals surface area contributed by atoms with E-state index in [1.54, 1.807) is 6.33 Å². The summed E-state index contributed by atoms with van der Waals surface area (Å²) in [6.07, 6.45) is 5.14. The third kappa shape index (κ3) is 3.29. The molecule has 5 nitrogen and oxygen atoms in total. The van der Waals surface area contributed by atoms with E-state index >= 15 is 0 Å². The van der Waals surface area contributed by atoms with E-state index in [0.29, 0.717) is 17.0 Å². The Bertz CT molecular complexity index is 955. The van der Waals surface area contributed by atoms with Gasteiger partial charge >= 0.3 is 0 Å². The fourth-order valence-corrected chi connectivity index (χ4v) is 4.14. The second-order valence-electron chi connectivity index (χ2n) is 8.44. The van der Waals surface area contributed by atoms with Gasteiger partial charge in [-0.2, -0.15) is 19.6 Å². The van der Waals surface area contributed by atoms with Crippen LogP contribution in [0.1, 0.15) is 52.5 Å². The molecule has 1 atom stereocenters. The van der Waals surface area contributed by atoms with Crippen LogP contribution >= 0.6 is 11.6 Å². The van der Waals surface area contributed by atoms with Gasteiger partial charge in [0, 0.05) is 12.6 Å². The number of piperidine rings is 1. The average Bonchev–Trinajstić information content (AvgIpc) is 3.08. The first-order valence-corrected chi connectivity index (χ1v) is 10.0. The number of rotatable bonds is 2. The molecule has 0 aliphatic carbocycles. The molecule has 0 radical (unpaired) electrons. The summed E-state index contributed by atoms with van der Waals surface area (Å²) in [6, 6.07) is 9.08. The maximum Gasteiger partial charge on any atom is 0.255 e. The number of hydrogen-bond acceptors (Lipinski definition) is 4. The van der Waals surface area contributed by atoms with E-state index in [1.807, 2.05) is 4.52 Å². The van der Waals surface area contributed by atoms with E-state index in [9.17, 15) is 0 Å². The predicted octanol–water partition coefficient (Wildman–Crippen LogP) is 5.12. The second kappa shape index (κ2) is 6.79. The molecule has 2 aromatic heterocycles. The number of nitrogens with zero attached hydrogens (tertiary/aromatic N) is 5. The highest BCUT2D eigenvalue weighted by Gasteiger charge is 2.27. The van der Waals surface area contributed by atoms with Crippen molar-refractivity contribution in [2.45, 2.75) is 58.4 Å². The minimum absolute atomic E-state index is 0.112. The van der Waals surface area contributed by atoms with Crippen molar-refractivity contribution in [1.82, 2.24) is 19.6 Å². The zero-order chi connectivity index (χ0) is 19.2. The lowest BCUT2D eigenvalue weighted by atomic mass is 9.86. The summed E-state index contributed by atoms with van der Waals surface area (Å²) in [5, 5.41) is 4.93. The van der Waals surface area contributed by atoms with Gasteiger partial charge in [0.1, 0.15) is 17.3 Å². The Hall–Kier alpha value is -2.14. The molecule has 142 valence electrons. The highest BCUT2D eigenvalue weighted by Crippen LogP contribution is 2.39. The third-order valence-electron chi connectivity index (χ3n) is 5.47. The van der Waals surface area contributed by atoms with Crippen molar-refractivity contribution in [2.75, 3.05) is 11.4 Å². The van der Waals surface area contributed by atoms with Crippen molar-refractivity contribution in [3.05, 3.63) is 41.3 Å². The van der Waals surface area contributed by atoms with E-state index < -0.39 is 0 Å². The SMILES string of the molecule is CC1CCCCN1c1c(-c2ccc(C(C)(C)C)cc2)c(Cl)nc2ncnn12. The average molecular weight is 384 g/mol. The Morgan fingerprint density at radius 3 is 2.52 bits per heavy atom. The van der Waals surface area contributed by atoms with E-state index in [-0.39, 0.29) is 5.41 Å². The molecule has 1 aliphatic rings. The lowest BCUT2D eigenvalue weighted by Crippen LogP contribution is -2.39. The van der Waals surface area contributed by atoms with Crippen molar-refractivity contribution in [1.29, 1.82) is 0 Å². The fourth-order valence-electron chi connectivity index (χ4n) is 3.87.